The minimum Gasteiger partial charge on any atom is -0.486 e. The van der Waals surface area contributed by atoms with Gasteiger partial charge >= 0.3 is 11.9 Å². The number of carbonyl (C=O) groups excluding carboxylic acids is 2. The molecule has 0 amide bonds. The molecule has 0 saturated heterocycles. The van der Waals surface area contributed by atoms with Gasteiger partial charge in [0.2, 0.25) is 0 Å². The van der Waals surface area contributed by atoms with Crippen LogP contribution in [0.25, 0.3) is 0 Å². The molecule has 5 nitrogen and oxygen atoms in total. The van der Waals surface area contributed by atoms with Crippen LogP contribution in [0.3, 0.4) is 0 Å². The Kier molecular flexibility index (Phi) is 8.12. The Hall–Kier alpha value is -2.04. The van der Waals surface area contributed by atoms with Crippen molar-refractivity contribution in [2.75, 3.05) is 0 Å². The maximum Gasteiger partial charge on any atom is 0.309 e. The minimum absolute atomic E-state index is 0.00525. The Balaban J connectivity index is 2.63. The van der Waals surface area contributed by atoms with Gasteiger partial charge in [-0.1, -0.05) is 39.0 Å². The van der Waals surface area contributed by atoms with E-state index >= 15 is 0 Å². The molecule has 0 unspecified atom stereocenters. The number of hydrogen-bond acceptors (Lipinski definition) is 5. The molecule has 0 N–H and O–H groups in total. The third-order valence-corrected chi connectivity index (χ3v) is 3.73. The van der Waals surface area contributed by atoms with Crippen molar-refractivity contribution in [3.63, 3.8) is 0 Å². The van der Waals surface area contributed by atoms with Crippen LogP contribution in [0.2, 0.25) is 0 Å². The van der Waals surface area contributed by atoms with E-state index in [2.05, 4.69) is 0 Å². The van der Waals surface area contributed by atoms with Gasteiger partial charge in [0, 0.05) is 0 Å². The molecule has 0 aliphatic carbocycles. The maximum atomic E-state index is 12.3. The first-order valence-corrected chi connectivity index (χ1v) is 9.13. The fourth-order valence-corrected chi connectivity index (χ4v) is 2.51. The lowest BCUT2D eigenvalue weighted by Crippen LogP contribution is -2.39. The van der Waals surface area contributed by atoms with Gasteiger partial charge in [0.1, 0.15) is 23.6 Å². The number of para-hydroxylation sites is 1. The van der Waals surface area contributed by atoms with Crippen LogP contribution >= 0.6 is 0 Å². The summed E-state index contributed by atoms with van der Waals surface area (Å²) in [6.07, 6.45) is -0.729. The van der Waals surface area contributed by atoms with Crippen molar-refractivity contribution in [2.45, 2.75) is 72.7 Å². The van der Waals surface area contributed by atoms with Crippen LogP contribution in [-0.2, 0) is 19.1 Å². The van der Waals surface area contributed by atoms with Crippen molar-refractivity contribution in [2.24, 2.45) is 11.8 Å². The van der Waals surface area contributed by atoms with Crippen LogP contribution in [0.15, 0.2) is 30.3 Å². The summed E-state index contributed by atoms with van der Waals surface area (Å²) in [5.41, 5.74) is -0.569. The molecule has 5 heteroatoms. The number of ether oxygens (including phenoxy) is 3. The van der Waals surface area contributed by atoms with Crippen LogP contribution in [-0.4, -0.2) is 29.7 Å². The molecule has 1 rings (SSSR count). The molecule has 0 heterocycles. The number of rotatable bonds is 8. The molecule has 1 aromatic carbocycles. The quantitative estimate of drug-likeness (QED) is 0.640. The standard InChI is InChI=1S/C21H32O5/c1-14(2)19(25-17-11-9-8-10-12-17)16(4)24-20(23)15(3)13-18(22)26-21(5,6)7/h8-12,14-16,19H,13H2,1-7H3/t15-,16-,19+/m0/s1. The average molecular weight is 364 g/mol. The van der Waals surface area contributed by atoms with Crippen molar-refractivity contribution in [1.29, 1.82) is 0 Å². The van der Waals surface area contributed by atoms with Crippen molar-refractivity contribution >= 4 is 11.9 Å². The smallest absolute Gasteiger partial charge is 0.309 e. The molecular formula is C21H32O5. The lowest BCUT2D eigenvalue weighted by atomic mass is 10.0. The second-order valence-corrected chi connectivity index (χ2v) is 7.97. The maximum absolute atomic E-state index is 12.3. The van der Waals surface area contributed by atoms with Crippen LogP contribution in [0.5, 0.6) is 5.75 Å². The van der Waals surface area contributed by atoms with E-state index in [-0.39, 0.29) is 18.4 Å². The Morgan fingerprint density at radius 1 is 1.00 bits per heavy atom. The molecule has 3 atom stereocenters. The molecule has 0 aromatic heterocycles. The lowest BCUT2D eigenvalue weighted by molar-refractivity contribution is -0.165. The van der Waals surface area contributed by atoms with Gasteiger partial charge < -0.3 is 14.2 Å². The molecule has 0 bridgehead atoms. The Morgan fingerprint density at radius 2 is 1.58 bits per heavy atom. The Labute approximate surface area is 157 Å². The zero-order chi connectivity index (χ0) is 19.9. The second kappa shape index (κ2) is 9.60. The van der Waals surface area contributed by atoms with Crippen LogP contribution in [0.1, 0.15) is 54.9 Å². The number of esters is 2. The topological polar surface area (TPSA) is 61.8 Å². The molecule has 0 saturated carbocycles. The van der Waals surface area contributed by atoms with E-state index in [1.165, 1.54) is 0 Å². The van der Waals surface area contributed by atoms with Gasteiger partial charge in [0.25, 0.3) is 0 Å². The normalized spacial score (nSPS) is 15.1. The van der Waals surface area contributed by atoms with Gasteiger partial charge in [-0.3, -0.25) is 9.59 Å². The van der Waals surface area contributed by atoms with Crippen molar-refractivity contribution in [3.05, 3.63) is 30.3 Å². The molecule has 0 radical (unpaired) electrons. The van der Waals surface area contributed by atoms with Gasteiger partial charge in [-0.25, -0.2) is 0 Å². The van der Waals surface area contributed by atoms with E-state index < -0.39 is 29.6 Å². The first-order valence-electron chi connectivity index (χ1n) is 9.13. The highest BCUT2D eigenvalue weighted by Gasteiger charge is 2.29. The summed E-state index contributed by atoms with van der Waals surface area (Å²) in [6, 6.07) is 9.45. The number of hydrogen-bond donors (Lipinski definition) is 0. The SMILES string of the molecule is CC(C)[C@@H](Oc1ccccc1)[C@H](C)OC(=O)[C@@H](C)CC(=O)OC(C)(C)C. The largest absolute Gasteiger partial charge is 0.486 e. The lowest BCUT2D eigenvalue weighted by Gasteiger charge is -2.29. The minimum atomic E-state index is -0.572. The molecule has 146 valence electrons. The van der Waals surface area contributed by atoms with E-state index in [0.717, 1.165) is 5.75 Å². The zero-order valence-corrected chi connectivity index (χ0v) is 16.9. The summed E-state index contributed by atoms with van der Waals surface area (Å²) < 4.78 is 16.8. The Bertz CT molecular complexity index is 574. The summed E-state index contributed by atoms with van der Waals surface area (Å²) >= 11 is 0. The molecule has 0 spiro atoms. The van der Waals surface area contributed by atoms with Crippen molar-refractivity contribution < 1.29 is 23.8 Å². The predicted molar refractivity (Wildman–Crippen MR) is 101 cm³/mol. The number of carbonyl (C=O) groups is 2. The molecular weight excluding hydrogens is 332 g/mol. The summed E-state index contributed by atoms with van der Waals surface area (Å²) in [5.74, 6) is -0.520. The van der Waals surface area contributed by atoms with Crippen LogP contribution < -0.4 is 4.74 Å². The number of benzene rings is 1. The second-order valence-electron chi connectivity index (χ2n) is 7.97. The molecule has 0 aliphatic heterocycles. The molecule has 26 heavy (non-hydrogen) atoms. The summed E-state index contributed by atoms with van der Waals surface area (Å²) in [6.45, 7) is 12.9. The van der Waals surface area contributed by atoms with Crippen LogP contribution in [0, 0.1) is 11.8 Å². The third kappa shape index (κ3) is 7.89. The molecule has 0 aliphatic rings. The highest BCUT2D eigenvalue weighted by atomic mass is 16.6. The fourth-order valence-electron chi connectivity index (χ4n) is 2.51. The van der Waals surface area contributed by atoms with E-state index in [1.807, 2.05) is 51.1 Å². The monoisotopic (exact) mass is 364 g/mol. The van der Waals surface area contributed by atoms with Crippen molar-refractivity contribution in [1.82, 2.24) is 0 Å². The first kappa shape index (κ1) is 22.0. The van der Waals surface area contributed by atoms with Gasteiger partial charge in [-0.05, 0) is 45.7 Å². The average Bonchev–Trinajstić information content (AvgIpc) is 2.51. The highest BCUT2D eigenvalue weighted by Crippen LogP contribution is 2.21. The summed E-state index contributed by atoms with van der Waals surface area (Å²) in [4.78, 5) is 24.2. The molecule has 1 aromatic rings. The van der Waals surface area contributed by atoms with E-state index in [0.29, 0.717) is 0 Å². The third-order valence-electron chi connectivity index (χ3n) is 3.73. The fraction of sp³-hybridized carbons (Fsp3) is 0.619. The predicted octanol–water partition coefficient (Wildman–Crippen LogP) is 4.39. The van der Waals surface area contributed by atoms with Crippen LogP contribution in [0.4, 0.5) is 0 Å². The van der Waals surface area contributed by atoms with Gasteiger partial charge in [0.15, 0.2) is 0 Å². The molecule has 0 fully saturated rings. The van der Waals surface area contributed by atoms with Gasteiger partial charge in [-0.15, -0.1) is 0 Å². The zero-order valence-electron chi connectivity index (χ0n) is 16.9. The van der Waals surface area contributed by atoms with Crippen molar-refractivity contribution in [3.8, 4) is 5.75 Å². The summed E-state index contributed by atoms with van der Waals surface area (Å²) in [7, 11) is 0. The van der Waals surface area contributed by atoms with E-state index in [9.17, 15) is 9.59 Å². The van der Waals surface area contributed by atoms with E-state index in [1.54, 1.807) is 27.7 Å². The van der Waals surface area contributed by atoms with Gasteiger partial charge in [0.05, 0.1) is 12.3 Å². The van der Waals surface area contributed by atoms with E-state index in [4.69, 9.17) is 14.2 Å². The first-order chi connectivity index (χ1) is 12.0. The summed E-state index contributed by atoms with van der Waals surface area (Å²) in [5, 5.41) is 0. The van der Waals surface area contributed by atoms with Gasteiger partial charge in [-0.2, -0.15) is 0 Å². The highest BCUT2D eigenvalue weighted by molar-refractivity contribution is 5.79. The Morgan fingerprint density at radius 3 is 2.08 bits per heavy atom.